The van der Waals surface area contributed by atoms with E-state index in [0.29, 0.717) is 22.5 Å². The highest BCUT2D eigenvalue weighted by molar-refractivity contribution is 6.10. The van der Waals surface area contributed by atoms with Crippen molar-refractivity contribution in [1.82, 2.24) is 4.57 Å². The lowest BCUT2D eigenvalue weighted by Gasteiger charge is -2.16. The minimum Gasteiger partial charge on any atom is -0.318 e. The molecule has 0 amide bonds. The molecule has 0 radical (unpaired) electrons. The maximum atomic E-state index is 14.7. The predicted octanol–water partition coefficient (Wildman–Crippen LogP) is 7.14. The molecule has 0 N–H and O–H groups in total. The Bertz CT molecular complexity index is 1340. The highest BCUT2D eigenvalue weighted by Gasteiger charge is 2.19. The summed E-state index contributed by atoms with van der Waals surface area (Å²) in [7, 11) is 0. The van der Waals surface area contributed by atoms with Crippen LogP contribution in [0.2, 0.25) is 0 Å². The largest absolute Gasteiger partial charge is 0.318 e. The molecule has 0 bridgehead atoms. The van der Waals surface area contributed by atoms with Crippen LogP contribution in [-0.4, -0.2) is 4.57 Å². The van der Waals surface area contributed by atoms with Gasteiger partial charge in [-0.1, -0.05) is 72.8 Å². The first-order valence-corrected chi connectivity index (χ1v) is 9.03. The minimum atomic E-state index is -0.299. The van der Waals surface area contributed by atoms with Crippen LogP contribution in [0.25, 0.3) is 43.5 Å². The SMILES string of the molecule is [C-]#[N+]c1cccc(-c2ccccc2F)c1-n1c2ccccc2c2ccccc21. The van der Waals surface area contributed by atoms with Crippen molar-refractivity contribution in [3.05, 3.63) is 108 Å². The monoisotopic (exact) mass is 362 g/mol. The first-order valence-electron chi connectivity index (χ1n) is 9.03. The molecule has 0 fully saturated rings. The van der Waals surface area contributed by atoms with Crippen LogP contribution in [0.5, 0.6) is 0 Å². The van der Waals surface area contributed by atoms with Crippen molar-refractivity contribution in [3.63, 3.8) is 0 Å². The van der Waals surface area contributed by atoms with Gasteiger partial charge >= 0.3 is 0 Å². The molecule has 0 saturated heterocycles. The third kappa shape index (κ3) is 2.32. The Balaban J connectivity index is 1.99. The fourth-order valence-corrected chi connectivity index (χ4v) is 3.92. The molecule has 28 heavy (non-hydrogen) atoms. The Hall–Kier alpha value is -3.90. The summed E-state index contributed by atoms with van der Waals surface area (Å²) in [5, 5.41) is 2.22. The average Bonchev–Trinajstić information content (AvgIpc) is 3.08. The van der Waals surface area contributed by atoms with E-state index in [0.717, 1.165) is 21.8 Å². The third-order valence-corrected chi connectivity index (χ3v) is 5.10. The summed E-state index contributed by atoms with van der Waals surface area (Å²) >= 11 is 0. The van der Waals surface area contributed by atoms with Crippen LogP contribution in [-0.2, 0) is 0 Å². The second-order valence-corrected chi connectivity index (χ2v) is 6.63. The van der Waals surface area contributed by atoms with Gasteiger partial charge in [0.15, 0.2) is 0 Å². The van der Waals surface area contributed by atoms with Gasteiger partial charge in [-0.3, -0.25) is 0 Å². The van der Waals surface area contributed by atoms with Crippen LogP contribution in [0, 0.1) is 12.4 Å². The zero-order chi connectivity index (χ0) is 19.1. The fraction of sp³-hybridized carbons (Fsp3) is 0. The van der Waals surface area contributed by atoms with Gasteiger partial charge in [0.25, 0.3) is 0 Å². The zero-order valence-corrected chi connectivity index (χ0v) is 14.9. The number of rotatable bonds is 2. The second kappa shape index (κ2) is 6.37. The van der Waals surface area contributed by atoms with Gasteiger partial charge in [-0.05, 0) is 23.8 Å². The van der Waals surface area contributed by atoms with Gasteiger partial charge in [-0.25, -0.2) is 9.24 Å². The molecule has 3 heteroatoms. The Morgan fingerprint density at radius 2 is 1.21 bits per heavy atom. The molecule has 132 valence electrons. The number of nitrogens with zero attached hydrogens (tertiary/aromatic N) is 2. The summed E-state index contributed by atoms with van der Waals surface area (Å²) in [6.07, 6.45) is 0. The van der Waals surface area contributed by atoms with Crippen LogP contribution in [0.15, 0.2) is 91.0 Å². The van der Waals surface area contributed by atoms with Crippen LogP contribution >= 0.6 is 0 Å². The van der Waals surface area contributed by atoms with Crippen LogP contribution < -0.4 is 0 Å². The molecule has 5 aromatic rings. The van der Waals surface area contributed by atoms with Gasteiger partial charge in [-0.15, -0.1) is 0 Å². The Morgan fingerprint density at radius 1 is 0.643 bits per heavy atom. The Morgan fingerprint density at radius 3 is 1.86 bits per heavy atom. The lowest BCUT2D eigenvalue weighted by atomic mass is 10.0. The number of benzene rings is 4. The van der Waals surface area contributed by atoms with Crippen molar-refractivity contribution >= 4 is 27.5 Å². The maximum Gasteiger partial charge on any atom is 0.211 e. The Labute approximate surface area is 161 Å². The molecular formula is C25H15FN2. The molecule has 0 aliphatic rings. The number of para-hydroxylation sites is 3. The number of fused-ring (bicyclic) bond motifs is 3. The quantitative estimate of drug-likeness (QED) is 0.295. The normalized spacial score (nSPS) is 11.0. The van der Waals surface area contributed by atoms with Gasteiger partial charge in [0.05, 0.1) is 23.3 Å². The maximum absolute atomic E-state index is 14.7. The van der Waals surface area contributed by atoms with Crippen molar-refractivity contribution in [2.75, 3.05) is 0 Å². The predicted molar refractivity (Wildman–Crippen MR) is 112 cm³/mol. The van der Waals surface area contributed by atoms with E-state index in [9.17, 15) is 4.39 Å². The molecule has 0 aliphatic carbocycles. The molecule has 2 nitrogen and oxygen atoms in total. The highest BCUT2D eigenvalue weighted by Crippen LogP contribution is 2.41. The summed E-state index contributed by atoms with van der Waals surface area (Å²) in [5.41, 5.74) is 4.39. The summed E-state index contributed by atoms with van der Waals surface area (Å²) in [6, 6.07) is 28.4. The summed E-state index contributed by atoms with van der Waals surface area (Å²) in [5.74, 6) is -0.299. The van der Waals surface area contributed by atoms with E-state index < -0.39 is 0 Å². The molecule has 5 rings (SSSR count). The van der Waals surface area contributed by atoms with E-state index in [1.807, 2.05) is 54.6 Å². The average molecular weight is 362 g/mol. The highest BCUT2D eigenvalue weighted by atomic mass is 19.1. The molecule has 4 aromatic carbocycles. The van der Waals surface area contributed by atoms with Gasteiger partial charge in [0.2, 0.25) is 5.69 Å². The molecule has 1 aromatic heterocycles. The summed E-state index contributed by atoms with van der Waals surface area (Å²) < 4.78 is 16.8. The van der Waals surface area contributed by atoms with Crippen molar-refractivity contribution in [1.29, 1.82) is 0 Å². The molecule has 0 spiro atoms. The van der Waals surface area contributed by atoms with Crippen molar-refractivity contribution in [2.45, 2.75) is 0 Å². The van der Waals surface area contributed by atoms with Crippen LogP contribution in [0.3, 0.4) is 0 Å². The lowest BCUT2D eigenvalue weighted by Crippen LogP contribution is -1.98. The topological polar surface area (TPSA) is 9.29 Å². The molecular weight excluding hydrogens is 347 g/mol. The van der Waals surface area contributed by atoms with Crippen LogP contribution in [0.1, 0.15) is 0 Å². The van der Waals surface area contributed by atoms with E-state index in [4.69, 9.17) is 6.57 Å². The number of aromatic nitrogens is 1. The minimum absolute atomic E-state index is 0.299. The van der Waals surface area contributed by atoms with Gasteiger partial charge in [0.1, 0.15) is 5.82 Å². The van der Waals surface area contributed by atoms with Gasteiger partial charge in [-0.2, -0.15) is 0 Å². The third-order valence-electron chi connectivity index (χ3n) is 5.10. The summed E-state index contributed by atoms with van der Waals surface area (Å²) in [4.78, 5) is 3.76. The van der Waals surface area contributed by atoms with E-state index >= 15 is 0 Å². The van der Waals surface area contributed by atoms with Crippen LogP contribution in [0.4, 0.5) is 10.1 Å². The molecule has 1 heterocycles. The summed E-state index contributed by atoms with van der Waals surface area (Å²) in [6.45, 7) is 7.73. The van der Waals surface area contributed by atoms with E-state index in [1.165, 1.54) is 6.07 Å². The van der Waals surface area contributed by atoms with E-state index in [1.54, 1.807) is 18.2 Å². The molecule has 0 saturated carbocycles. The van der Waals surface area contributed by atoms with E-state index in [2.05, 4.69) is 21.5 Å². The molecule has 0 atom stereocenters. The van der Waals surface area contributed by atoms with Crippen molar-refractivity contribution in [3.8, 4) is 16.8 Å². The smallest absolute Gasteiger partial charge is 0.211 e. The van der Waals surface area contributed by atoms with Gasteiger partial charge in [0, 0.05) is 16.3 Å². The fourth-order valence-electron chi connectivity index (χ4n) is 3.92. The number of halogens is 1. The standard InChI is InChI=1S/C25H15FN2/c1-27-22-14-8-12-20(17-9-2-5-13-21(17)26)25(22)28-23-15-6-3-10-18(23)19-11-4-7-16-24(19)28/h2-16H. The Kier molecular flexibility index (Phi) is 3.70. The van der Waals surface area contributed by atoms with E-state index in [-0.39, 0.29) is 5.82 Å². The van der Waals surface area contributed by atoms with Gasteiger partial charge < -0.3 is 4.57 Å². The first-order chi connectivity index (χ1) is 13.8. The molecule has 0 aliphatic heterocycles. The first kappa shape index (κ1) is 16.3. The van der Waals surface area contributed by atoms with Crippen molar-refractivity contribution < 1.29 is 4.39 Å². The number of hydrogen-bond acceptors (Lipinski definition) is 0. The second-order valence-electron chi connectivity index (χ2n) is 6.63. The zero-order valence-electron chi connectivity index (χ0n) is 14.9. The van der Waals surface area contributed by atoms with Crippen molar-refractivity contribution in [2.24, 2.45) is 0 Å². The number of hydrogen-bond donors (Lipinski definition) is 0. The molecule has 0 unspecified atom stereocenters. The lowest BCUT2D eigenvalue weighted by molar-refractivity contribution is 0.631.